The van der Waals surface area contributed by atoms with Gasteiger partial charge < -0.3 is 9.47 Å². The molecular formula is C29H34N2O2. The number of piperidine rings is 1. The number of ether oxygens (including phenoxy) is 2. The minimum Gasteiger partial charge on any atom is -0.493 e. The van der Waals surface area contributed by atoms with Crippen LogP contribution in [0.15, 0.2) is 72.8 Å². The topological polar surface area (TPSA) is 24.9 Å². The van der Waals surface area contributed by atoms with Gasteiger partial charge in [0.25, 0.3) is 0 Å². The Hall–Kier alpha value is -2.82. The Kier molecular flexibility index (Phi) is 6.94. The Balaban J connectivity index is 1.16. The largest absolute Gasteiger partial charge is 0.493 e. The Bertz CT molecular complexity index is 1040. The fourth-order valence-corrected chi connectivity index (χ4v) is 5.20. The predicted octanol–water partition coefficient (Wildman–Crippen LogP) is 5.30. The molecule has 0 unspecified atom stereocenters. The van der Waals surface area contributed by atoms with E-state index in [1.165, 1.54) is 42.5 Å². The average molecular weight is 443 g/mol. The second-order valence-corrected chi connectivity index (χ2v) is 9.26. The number of hydrogen-bond donors (Lipinski definition) is 0. The van der Waals surface area contributed by atoms with Gasteiger partial charge in [0.1, 0.15) is 6.61 Å². The summed E-state index contributed by atoms with van der Waals surface area (Å²) >= 11 is 0. The fourth-order valence-electron chi connectivity index (χ4n) is 5.20. The maximum atomic E-state index is 6.12. The molecule has 0 N–H and O–H groups in total. The van der Waals surface area contributed by atoms with Crippen LogP contribution in [0.2, 0.25) is 0 Å². The lowest BCUT2D eigenvalue weighted by Crippen LogP contribution is -2.46. The van der Waals surface area contributed by atoms with Crippen molar-refractivity contribution in [3.05, 3.63) is 95.1 Å². The molecule has 0 radical (unpaired) electrons. The van der Waals surface area contributed by atoms with E-state index in [0.29, 0.717) is 12.6 Å². The van der Waals surface area contributed by atoms with Crippen molar-refractivity contribution in [2.24, 2.45) is 0 Å². The molecule has 0 atom stereocenters. The highest BCUT2D eigenvalue weighted by atomic mass is 16.5. The maximum Gasteiger partial charge on any atom is 0.161 e. The highest BCUT2D eigenvalue weighted by Crippen LogP contribution is 2.30. The third-order valence-corrected chi connectivity index (χ3v) is 7.11. The van der Waals surface area contributed by atoms with Crippen LogP contribution in [-0.4, -0.2) is 42.6 Å². The number of benzene rings is 3. The number of methoxy groups -OCH3 is 1. The summed E-state index contributed by atoms with van der Waals surface area (Å²) in [5.74, 6) is 1.61. The second kappa shape index (κ2) is 10.4. The SMILES string of the molecule is COc1ccc(CN2CCC(N3CCc4ccccc4C3)CC2)cc1OCc1ccccc1. The molecule has 2 aliphatic rings. The number of rotatable bonds is 7. The van der Waals surface area contributed by atoms with Crippen LogP contribution in [0.1, 0.15) is 35.1 Å². The van der Waals surface area contributed by atoms with Crippen molar-refractivity contribution in [3.63, 3.8) is 0 Å². The van der Waals surface area contributed by atoms with Gasteiger partial charge in [-0.3, -0.25) is 9.80 Å². The zero-order valence-corrected chi connectivity index (χ0v) is 19.6. The highest BCUT2D eigenvalue weighted by molar-refractivity contribution is 5.43. The molecule has 5 rings (SSSR count). The molecule has 1 saturated heterocycles. The first-order valence-electron chi connectivity index (χ1n) is 12.2. The quantitative estimate of drug-likeness (QED) is 0.496. The third kappa shape index (κ3) is 5.40. The van der Waals surface area contributed by atoms with Gasteiger partial charge in [-0.05, 0) is 66.7 Å². The first-order chi connectivity index (χ1) is 16.3. The zero-order valence-electron chi connectivity index (χ0n) is 19.6. The third-order valence-electron chi connectivity index (χ3n) is 7.11. The van der Waals surface area contributed by atoms with Gasteiger partial charge in [-0.15, -0.1) is 0 Å². The van der Waals surface area contributed by atoms with Crippen molar-refractivity contribution in [2.75, 3.05) is 26.7 Å². The Labute approximate surface area is 197 Å². The van der Waals surface area contributed by atoms with Crippen LogP contribution in [0, 0.1) is 0 Å². The predicted molar refractivity (Wildman–Crippen MR) is 133 cm³/mol. The Morgan fingerprint density at radius 3 is 2.33 bits per heavy atom. The van der Waals surface area contributed by atoms with E-state index in [4.69, 9.17) is 9.47 Å². The lowest BCUT2D eigenvalue weighted by atomic mass is 9.95. The molecule has 0 bridgehead atoms. The average Bonchev–Trinajstić information content (AvgIpc) is 2.88. The summed E-state index contributed by atoms with van der Waals surface area (Å²) in [6.07, 6.45) is 3.68. The van der Waals surface area contributed by atoms with Crippen molar-refractivity contribution in [2.45, 2.75) is 45.0 Å². The van der Waals surface area contributed by atoms with Gasteiger partial charge in [-0.1, -0.05) is 60.7 Å². The number of fused-ring (bicyclic) bond motifs is 1. The fraction of sp³-hybridized carbons (Fsp3) is 0.379. The van der Waals surface area contributed by atoms with Gasteiger partial charge in [0.2, 0.25) is 0 Å². The van der Waals surface area contributed by atoms with Crippen molar-refractivity contribution in [1.82, 2.24) is 9.80 Å². The van der Waals surface area contributed by atoms with Crippen LogP contribution in [0.25, 0.3) is 0 Å². The summed E-state index contributed by atoms with van der Waals surface area (Å²) < 4.78 is 11.7. The molecule has 0 aliphatic carbocycles. The number of hydrogen-bond acceptors (Lipinski definition) is 4. The van der Waals surface area contributed by atoms with E-state index in [9.17, 15) is 0 Å². The van der Waals surface area contributed by atoms with Crippen LogP contribution in [-0.2, 0) is 26.1 Å². The lowest BCUT2D eigenvalue weighted by molar-refractivity contribution is 0.0948. The van der Waals surface area contributed by atoms with Crippen molar-refractivity contribution < 1.29 is 9.47 Å². The van der Waals surface area contributed by atoms with E-state index < -0.39 is 0 Å². The molecule has 3 aromatic rings. The van der Waals surface area contributed by atoms with Crippen molar-refractivity contribution >= 4 is 0 Å². The number of likely N-dealkylation sites (tertiary alicyclic amines) is 1. The minimum atomic E-state index is 0.547. The number of nitrogens with zero attached hydrogens (tertiary/aromatic N) is 2. The molecular weight excluding hydrogens is 408 g/mol. The Morgan fingerprint density at radius 1 is 0.788 bits per heavy atom. The van der Waals surface area contributed by atoms with Crippen LogP contribution < -0.4 is 9.47 Å². The van der Waals surface area contributed by atoms with Crippen LogP contribution in [0.3, 0.4) is 0 Å². The van der Waals surface area contributed by atoms with Crippen LogP contribution in [0.4, 0.5) is 0 Å². The van der Waals surface area contributed by atoms with E-state index >= 15 is 0 Å². The molecule has 4 nitrogen and oxygen atoms in total. The molecule has 3 aromatic carbocycles. The summed E-state index contributed by atoms with van der Waals surface area (Å²) in [6.45, 7) is 6.11. The Morgan fingerprint density at radius 2 is 1.55 bits per heavy atom. The van der Waals surface area contributed by atoms with E-state index in [-0.39, 0.29) is 0 Å². The molecule has 2 heterocycles. The summed E-state index contributed by atoms with van der Waals surface area (Å²) in [5.41, 5.74) is 5.50. The summed E-state index contributed by atoms with van der Waals surface area (Å²) in [5, 5.41) is 0. The zero-order chi connectivity index (χ0) is 22.5. The molecule has 0 amide bonds. The van der Waals surface area contributed by atoms with E-state index in [1.807, 2.05) is 24.3 Å². The highest BCUT2D eigenvalue weighted by Gasteiger charge is 2.27. The van der Waals surface area contributed by atoms with Gasteiger partial charge in [0.05, 0.1) is 7.11 Å². The van der Waals surface area contributed by atoms with Gasteiger partial charge in [-0.2, -0.15) is 0 Å². The molecule has 2 aliphatic heterocycles. The molecule has 33 heavy (non-hydrogen) atoms. The second-order valence-electron chi connectivity index (χ2n) is 9.26. The smallest absolute Gasteiger partial charge is 0.161 e. The van der Waals surface area contributed by atoms with E-state index in [2.05, 4.69) is 58.3 Å². The molecule has 172 valence electrons. The summed E-state index contributed by atoms with van der Waals surface area (Å²) in [4.78, 5) is 5.29. The first kappa shape index (κ1) is 22.0. The van der Waals surface area contributed by atoms with Crippen LogP contribution >= 0.6 is 0 Å². The summed E-state index contributed by atoms with van der Waals surface area (Å²) in [7, 11) is 1.70. The lowest BCUT2D eigenvalue weighted by Gasteiger charge is -2.40. The molecule has 0 aromatic heterocycles. The van der Waals surface area contributed by atoms with E-state index in [0.717, 1.165) is 43.2 Å². The minimum absolute atomic E-state index is 0.547. The monoisotopic (exact) mass is 442 g/mol. The first-order valence-corrected chi connectivity index (χ1v) is 12.2. The molecule has 4 heteroatoms. The standard InChI is InChI=1S/C29H34N2O2/c1-32-28-12-11-24(19-29(28)33-22-23-7-3-2-4-8-23)20-30-16-14-27(15-17-30)31-18-13-25-9-5-6-10-26(25)21-31/h2-12,19,27H,13-18,20-22H2,1H3. The van der Waals surface area contributed by atoms with Gasteiger partial charge in [0, 0.05) is 25.7 Å². The van der Waals surface area contributed by atoms with Gasteiger partial charge in [0.15, 0.2) is 11.5 Å². The molecule has 0 saturated carbocycles. The molecule has 0 spiro atoms. The van der Waals surface area contributed by atoms with Crippen LogP contribution in [0.5, 0.6) is 11.5 Å². The van der Waals surface area contributed by atoms with Crippen molar-refractivity contribution in [3.8, 4) is 11.5 Å². The van der Waals surface area contributed by atoms with Gasteiger partial charge >= 0.3 is 0 Å². The van der Waals surface area contributed by atoms with Crippen molar-refractivity contribution in [1.29, 1.82) is 0 Å². The normalized spacial score (nSPS) is 17.5. The molecule has 1 fully saturated rings. The summed E-state index contributed by atoms with van der Waals surface area (Å²) in [6, 6.07) is 26.3. The maximum absolute atomic E-state index is 6.12. The van der Waals surface area contributed by atoms with E-state index in [1.54, 1.807) is 7.11 Å². The van der Waals surface area contributed by atoms with Gasteiger partial charge in [-0.25, -0.2) is 0 Å².